The maximum atomic E-state index is 12.1. The van der Waals surface area contributed by atoms with Gasteiger partial charge in [0, 0.05) is 6.20 Å². The standard InChI is InChI=1S/C16H16N4O3S/c1-12-5-4-6-13(9-12)11-24(21,22)18-10-15-19-20-16(23-15)14-7-2-3-8-17-14/h2-9,18H,10-11H2,1H3. The zero-order valence-corrected chi connectivity index (χ0v) is 13.8. The topological polar surface area (TPSA) is 98.0 Å². The molecule has 0 fully saturated rings. The molecule has 0 spiro atoms. The maximum absolute atomic E-state index is 12.1. The first-order valence-electron chi connectivity index (χ1n) is 7.28. The van der Waals surface area contributed by atoms with Crippen molar-refractivity contribution in [3.05, 3.63) is 65.7 Å². The van der Waals surface area contributed by atoms with Crippen molar-refractivity contribution in [2.24, 2.45) is 0 Å². The lowest BCUT2D eigenvalue weighted by Gasteiger charge is -2.05. The normalized spacial score (nSPS) is 11.5. The van der Waals surface area contributed by atoms with Crippen molar-refractivity contribution in [1.29, 1.82) is 0 Å². The van der Waals surface area contributed by atoms with Gasteiger partial charge in [0.25, 0.3) is 5.89 Å². The SMILES string of the molecule is Cc1cccc(CS(=O)(=O)NCc2nnc(-c3ccccn3)o2)c1. The number of hydrogen-bond acceptors (Lipinski definition) is 6. The Morgan fingerprint density at radius 1 is 1.12 bits per heavy atom. The van der Waals surface area contributed by atoms with Gasteiger partial charge in [0.05, 0.1) is 12.3 Å². The molecule has 8 heteroatoms. The molecule has 0 bridgehead atoms. The van der Waals surface area contributed by atoms with Crippen LogP contribution in [0.25, 0.3) is 11.6 Å². The molecule has 124 valence electrons. The van der Waals surface area contributed by atoms with Crippen LogP contribution in [0.2, 0.25) is 0 Å². The van der Waals surface area contributed by atoms with Gasteiger partial charge in [-0.25, -0.2) is 13.1 Å². The number of hydrogen-bond donors (Lipinski definition) is 1. The first kappa shape index (κ1) is 16.3. The highest BCUT2D eigenvalue weighted by molar-refractivity contribution is 7.88. The van der Waals surface area contributed by atoms with Crippen molar-refractivity contribution in [2.75, 3.05) is 0 Å². The van der Waals surface area contributed by atoms with E-state index < -0.39 is 10.0 Å². The van der Waals surface area contributed by atoms with E-state index in [1.165, 1.54) is 0 Å². The third-order valence-electron chi connectivity index (χ3n) is 3.23. The van der Waals surface area contributed by atoms with Crippen LogP contribution in [0.4, 0.5) is 0 Å². The van der Waals surface area contributed by atoms with Gasteiger partial charge in [-0.2, -0.15) is 0 Å². The summed E-state index contributed by atoms with van der Waals surface area (Å²) in [5, 5.41) is 7.70. The summed E-state index contributed by atoms with van der Waals surface area (Å²) in [6, 6.07) is 12.7. The van der Waals surface area contributed by atoms with Gasteiger partial charge in [0.2, 0.25) is 15.9 Å². The predicted molar refractivity (Wildman–Crippen MR) is 88.2 cm³/mol. The minimum Gasteiger partial charge on any atom is -0.418 e. The second-order valence-corrected chi connectivity index (χ2v) is 7.09. The lowest BCUT2D eigenvalue weighted by molar-refractivity contribution is 0.493. The van der Waals surface area contributed by atoms with Gasteiger partial charge in [-0.15, -0.1) is 10.2 Å². The van der Waals surface area contributed by atoms with E-state index >= 15 is 0 Å². The summed E-state index contributed by atoms with van der Waals surface area (Å²) in [5.41, 5.74) is 2.28. The molecule has 0 aliphatic heterocycles. The van der Waals surface area contributed by atoms with Crippen molar-refractivity contribution in [1.82, 2.24) is 19.9 Å². The van der Waals surface area contributed by atoms with Crippen molar-refractivity contribution < 1.29 is 12.8 Å². The molecular formula is C16H16N4O3S. The van der Waals surface area contributed by atoms with Crippen LogP contribution in [0.15, 0.2) is 53.1 Å². The van der Waals surface area contributed by atoms with Crippen LogP contribution in [-0.2, 0) is 22.3 Å². The Hall–Kier alpha value is -2.58. The summed E-state index contributed by atoms with van der Waals surface area (Å²) in [6.07, 6.45) is 1.61. The van der Waals surface area contributed by atoms with Crippen LogP contribution in [0.5, 0.6) is 0 Å². The second-order valence-electron chi connectivity index (χ2n) is 5.29. The molecule has 0 aliphatic carbocycles. The maximum Gasteiger partial charge on any atom is 0.266 e. The van der Waals surface area contributed by atoms with E-state index in [9.17, 15) is 8.42 Å². The number of rotatable bonds is 6. The highest BCUT2D eigenvalue weighted by atomic mass is 32.2. The first-order chi connectivity index (χ1) is 11.5. The molecule has 2 heterocycles. The van der Waals surface area contributed by atoms with Gasteiger partial charge >= 0.3 is 0 Å². The lowest BCUT2D eigenvalue weighted by Crippen LogP contribution is -2.24. The van der Waals surface area contributed by atoms with E-state index in [0.29, 0.717) is 5.69 Å². The quantitative estimate of drug-likeness (QED) is 0.735. The molecule has 1 aromatic carbocycles. The van der Waals surface area contributed by atoms with E-state index in [2.05, 4.69) is 19.9 Å². The smallest absolute Gasteiger partial charge is 0.266 e. The zero-order valence-electron chi connectivity index (χ0n) is 13.0. The molecular weight excluding hydrogens is 328 g/mol. The molecule has 3 aromatic rings. The number of nitrogens with zero attached hydrogens (tertiary/aromatic N) is 3. The van der Waals surface area contributed by atoms with Gasteiger partial charge in [0.15, 0.2) is 0 Å². The van der Waals surface area contributed by atoms with Crippen LogP contribution in [0.3, 0.4) is 0 Å². The van der Waals surface area contributed by atoms with Crippen LogP contribution in [0, 0.1) is 6.92 Å². The monoisotopic (exact) mass is 344 g/mol. The molecule has 0 aliphatic rings. The molecule has 7 nitrogen and oxygen atoms in total. The van der Waals surface area contributed by atoms with Crippen molar-refractivity contribution in [3.63, 3.8) is 0 Å². The number of aryl methyl sites for hydroxylation is 1. The van der Waals surface area contributed by atoms with Crippen molar-refractivity contribution in [3.8, 4) is 11.6 Å². The molecule has 0 amide bonds. The second kappa shape index (κ2) is 6.90. The molecule has 2 aromatic heterocycles. The summed E-state index contributed by atoms with van der Waals surface area (Å²) in [7, 11) is -3.50. The van der Waals surface area contributed by atoms with E-state index in [0.717, 1.165) is 11.1 Å². The van der Waals surface area contributed by atoms with E-state index in [-0.39, 0.29) is 24.1 Å². The molecule has 1 N–H and O–H groups in total. The number of aromatic nitrogens is 3. The highest BCUT2D eigenvalue weighted by Crippen LogP contribution is 2.14. The first-order valence-corrected chi connectivity index (χ1v) is 8.94. The number of benzene rings is 1. The third kappa shape index (κ3) is 4.24. The molecule has 0 saturated carbocycles. The summed E-state index contributed by atoms with van der Waals surface area (Å²) in [5.74, 6) is 0.336. The van der Waals surface area contributed by atoms with Gasteiger partial charge in [-0.1, -0.05) is 35.9 Å². The van der Waals surface area contributed by atoms with Gasteiger partial charge in [-0.05, 0) is 24.6 Å². The summed E-state index contributed by atoms with van der Waals surface area (Å²) in [4.78, 5) is 4.10. The van der Waals surface area contributed by atoms with E-state index in [1.54, 1.807) is 30.5 Å². The molecule has 3 rings (SSSR count). The van der Waals surface area contributed by atoms with Gasteiger partial charge in [-0.3, -0.25) is 4.98 Å². The van der Waals surface area contributed by atoms with Crippen LogP contribution in [0.1, 0.15) is 17.0 Å². The largest absolute Gasteiger partial charge is 0.418 e. The summed E-state index contributed by atoms with van der Waals surface area (Å²) >= 11 is 0. The Balaban J connectivity index is 1.64. The average Bonchev–Trinajstić information content (AvgIpc) is 3.03. The Morgan fingerprint density at radius 2 is 2.00 bits per heavy atom. The highest BCUT2D eigenvalue weighted by Gasteiger charge is 2.15. The number of sulfonamides is 1. The number of nitrogens with one attached hydrogen (secondary N) is 1. The van der Waals surface area contributed by atoms with Crippen LogP contribution in [-0.4, -0.2) is 23.6 Å². The Bertz CT molecular complexity index is 923. The molecule has 0 unspecified atom stereocenters. The fourth-order valence-electron chi connectivity index (χ4n) is 2.16. The van der Waals surface area contributed by atoms with Crippen molar-refractivity contribution in [2.45, 2.75) is 19.2 Å². The van der Waals surface area contributed by atoms with Crippen LogP contribution >= 0.6 is 0 Å². The predicted octanol–water partition coefficient (Wildman–Crippen LogP) is 2.06. The average molecular weight is 344 g/mol. The Kier molecular flexibility index (Phi) is 4.68. The van der Waals surface area contributed by atoms with E-state index in [4.69, 9.17) is 4.42 Å². The number of pyridine rings is 1. The third-order valence-corrected chi connectivity index (χ3v) is 4.53. The molecule has 0 atom stereocenters. The zero-order chi connectivity index (χ0) is 17.0. The summed E-state index contributed by atoms with van der Waals surface area (Å²) in [6.45, 7) is 1.86. The minimum absolute atomic E-state index is 0.0615. The Labute approximate surface area is 139 Å². The summed E-state index contributed by atoms with van der Waals surface area (Å²) < 4.78 is 32.2. The van der Waals surface area contributed by atoms with Crippen LogP contribution < -0.4 is 4.72 Å². The Morgan fingerprint density at radius 3 is 2.75 bits per heavy atom. The minimum atomic E-state index is -3.50. The van der Waals surface area contributed by atoms with Gasteiger partial charge < -0.3 is 4.42 Å². The van der Waals surface area contributed by atoms with Gasteiger partial charge in [0.1, 0.15) is 5.69 Å². The fraction of sp³-hybridized carbons (Fsp3) is 0.188. The molecule has 0 saturated heterocycles. The molecule has 24 heavy (non-hydrogen) atoms. The van der Waals surface area contributed by atoms with Crippen molar-refractivity contribution >= 4 is 10.0 Å². The molecule has 0 radical (unpaired) electrons. The lowest BCUT2D eigenvalue weighted by atomic mass is 10.2. The van der Waals surface area contributed by atoms with E-state index in [1.807, 2.05) is 25.1 Å². The fourth-order valence-corrected chi connectivity index (χ4v) is 3.23.